The fraction of sp³-hybridized carbons (Fsp3) is 0.286. The number of benzene rings is 1. The van der Waals surface area contributed by atoms with Crippen molar-refractivity contribution in [2.75, 3.05) is 10.8 Å². The van der Waals surface area contributed by atoms with E-state index in [1.165, 1.54) is 0 Å². The molecule has 110 valence electrons. The summed E-state index contributed by atoms with van der Waals surface area (Å²) in [5.74, 6) is 0. The predicted molar refractivity (Wildman–Crippen MR) is 83.9 cm³/mol. The van der Waals surface area contributed by atoms with Crippen molar-refractivity contribution in [3.05, 3.63) is 36.2 Å². The molecule has 7 heteroatoms. The van der Waals surface area contributed by atoms with Crippen LogP contribution in [0.1, 0.15) is 19.0 Å². The Kier molecular flexibility index (Phi) is 3.47. The van der Waals surface area contributed by atoms with Gasteiger partial charge in [0.05, 0.1) is 5.69 Å². The average molecular weight is 304 g/mol. The zero-order valence-electron chi connectivity index (χ0n) is 11.5. The lowest BCUT2D eigenvalue weighted by molar-refractivity contribution is 0.428. The van der Waals surface area contributed by atoms with Crippen LogP contribution < -0.4 is 9.03 Å². The highest BCUT2D eigenvalue weighted by Crippen LogP contribution is 2.46. The molecule has 0 radical (unpaired) electrons. The minimum Gasteiger partial charge on any atom is -0.269 e. The van der Waals surface area contributed by atoms with Gasteiger partial charge in [-0.1, -0.05) is 11.0 Å². The van der Waals surface area contributed by atoms with Gasteiger partial charge in [0.15, 0.2) is 0 Å². The molecule has 6 nitrogen and oxygen atoms in total. The van der Waals surface area contributed by atoms with Gasteiger partial charge in [-0.25, -0.2) is 4.98 Å². The minimum absolute atomic E-state index is 0.0705. The van der Waals surface area contributed by atoms with Gasteiger partial charge in [-0.3, -0.25) is 13.4 Å². The number of nitrogens with zero attached hydrogens (tertiary/aromatic N) is 3. The summed E-state index contributed by atoms with van der Waals surface area (Å²) in [6, 6.07) is 9.38. The smallest absolute Gasteiger partial charge is 0.148 e. The average Bonchev–Trinajstić information content (AvgIpc) is 2.45. The molecular formula is C14H16N4O2S. The summed E-state index contributed by atoms with van der Waals surface area (Å²) in [5, 5.41) is 10.7. The van der Waals surface area contributed by atoms with Crippen LogP contribution in [-0.4, -0.2) is 26.7 Å². The van der Waals surface area contributed by atoms with Gasteiger partial charge in [0.1, 0.15) is 11.8 Å². The monoisotopic (exact) mass is 304 g/mol. The molecule has 3 rings (SSSR count). The van der Waals surface area contributed by atoms with E-state index in [4.69, 9.17) is 5.26 Å². The highest BCUT2D eigenvalue weighted by molar-refractivity contribution is 8.23. The molecule has 1 aliphatic rings. The topological polar surface area (TPSA) is 92.4 Å². The van der Waals surface area contributed by atoms with Gasteiger partial charge in [0.25, 0.3) is 0 Å². The predicted octanol–water partition coefficient (Wildman–Crippen LogP) is 2.88. The first-order valence-corrected chi connectivity index (χ1v) is 8.14. The number of anilines is 1. The van der Waals surface area contributed by atoms with Crippen molar-refractivity contribution in [2.24, 2.45) is 0 Å². The van der Waals surface area contributed by atoms with Crippen molar-refractivity contribution in [1.29, 1.82) is 5.26 Å². The third-order valence-electron chi connectivity index (χ3n) is 3.57. The van der Waals surface area contributed by atoms with Crippen molar-refractivity contribution in [3.8, 4) is 6.07 Å². The Labute approximate surface area is 124 Å². The Morgan fingerprint density at radius 1 is 1.43 bits per heavy atom. The van der Waals surface area contributed by atoms with Gasteiger partial charge < -0.3 is 0 Å². The molecule has 3 N–H and O–H groups in total. The molecular weight excluding hydrogens is 288 g/mol. The lowest BCUT2D eigenvalue weighted by Crippen LogP contribution is -2.47. The van der Waals surface area contributed by atoms with Crippen LogP contribution in [0.15, 0.2) is 30.5 Å². The molecule has 2 aromatic rings. The largest absolute Gasteiger partial charge is 0.269 e. The second-order valence-corrected chi connectivity index (χ2v) is 6.82. The zero-order chi connectivity index (χ0) is 15.0. The maximum absolute atomic E-state index is 10.2. The molecule has 1 fully saturated rings. The van der Waals surface area contributed by atoms with Crippen LogP contribution in [0.3, 0.4) is 0 Å². The van der Waals surface area contributed by atoms with E-state index in [-0.39, 0.29) is 6.04 Å². The van der Waals surface area contributed by atoms with Gasteiger partial charge in [-0.2, -0.15) is 9.98 Å². The Morgan fingerprint density at radius 2 is 2.24 bits per heavy atom. The second-order valence-electron chi connectivity index (χ2n) is 5.11. The quantitative estimate of drug-likeness (QED) is 0.750. The fourth-order valence-corrected chi connectivity index (χ4v) is 4.07. The van der Waals surface area contributed by atoms with Gasteiger partial charge in [0.2, 0.25) is 0 Å². The van der Waals surface area contributed by atoms with E-state index in [1.807, 2.05) is 19.1 Å². The molecule has 0 bridgehead atoms. The molecule has 1 aromatic heterocycles. The van der Waals surface area contributed by atoms with Crippen LogP contribution >= 0.6 is 11.0 Å². The lowest BCUT2D eigenvalue weighted by Gasteiger charge is -2.49. The summed E-state index contributed by atoms with van der Waals surface area (Å²) in [6.07, 6.45) is 2.41. The normalized spacial score (nSPS) is 22.8. The summed E-state index contributed by atoms with van der Waals surface area (Å²) in [5.41, 5.74) is 1.09. The number of aromatic nitrogens is 1. The number of pyridine rings is 1. The van der Waals surface area contributed by atoms with E-state index in [2.05, 4.69) is 15.8 Å². The molecule has 1 aliphatic heterocycles. The lowest BCUT2D eigenvalue weighted by atomic mass is 10.1. The molecule has 0 aliphatic carbocycles. The summed E-state index contributed by atoms with van der Waals surface area (Å²) in [6.45, 7) is 2.50. The first-order chi connectivity index (χ1) is 10.0. The molecule has 1 saturated heterocycles. The zero-order valence-corrected chi connectivity index (χ0v) is 12.3. The van der Waals surface area contributed by atoms with Gasteiger partial charge in [-0.05, 0) is 43.0 Å². The Balaban J connectivity index is 2.04. The fourth-order valence-electron chi connectivity index (χ4n) is 2.52. The van der Waals surface area contributed by atoms with E-state index >= 15 is 0 Å². The highest BCUT2D eigenvalue weighted by atomic mass is 32.3. The summed E-state index contributed by atoms with van der Waals surface area (Å²) in [7, 11) is -3.01. The van der Waals surface area contributed by atoms with Crippen LogP contribution in [-0.2, 0) is 0 Å². The number of rotatable bonds is 1. The molecule has 1 aromatic carbocycles. The Hall–Kier alpha value is -1.85. The van der Waals surface area contributed by atoms with Gasteiger partial charge in [-0.15, -0.1) is 0 Å². The maximum Gasteiger partial charge on any atom is 0.148 e. The Morgan fingerprint density at radius 3 is 2.95 bits per heavy atom. The van der Waals surface area contributed by atoms with E-state index in [9.17, 15) is 9.11 Å². The summed E-state index contributed by atoms with van der Waals surface area (Å²) in [4.78, 5) is 4.03. The highest BCUT2D eigenvalue weighted by Gasteiger charge is 2.30. The number of fused-ring (bicyclic) bond motifs is 1. The van der Waals surface area contributed by atoms with Crippen LogP contribution in [0.5, 0.6) is 0 Å². The van der Waals surface area contributed by atoms with Crippen molar-refractivity contribution >= 4 is 27.4 Å². The first kappa shape index (κ1) is 14.1. The van der Waals surface area contributed by atoms with Crippen molar-refractivity contribution in [3.63, 3.8) is 0 Å². The minimum atomic E-state index is -3.01. The van der Waals surface area contributed by atoms with Crippen molar-refractivity contribution < 1.29 is 9.11 Å². The third kappa shape index (κ3) is 2.54. The van der Waals surface area contributed by atoms with Crippen LogP contribution in [0.4, 0.5) is 5.69 Å². The summed E-state index contributed by atoms with van der Waals surface area (Å²) >= 11 is 0. The first-order valence-electron chi connectivity index (χ1n) is 6.63. The molecule has 0 amide bonds. The van der Waals surface area contributed by atoms with Crippen molar-refractivity contribution in [2.45, 2.75) is 19.4 Å². The molecule has 0 spiro atoms. The van der Waals surface area contributed by atoms with E-state index in [1.54, 1.807) is 22.6 Å². The van der Waals surface area contributed by atoms with Gasteiger partial charge in [0, 0.05) is 24.2 Å². The maximum atomic E-state index is 10.2. The van der Waals surface area contributed by atoms with Crippen LogP contribution in [0, 0.1) is 11.3 Å². The standard InChI is InChI=1S/C14H16N4O2S/c1-10-5-7-18(21(19,20)17-10)12-2-3-13-11(8-12)4-6-16-14(13)9-15/h2-4,6,8,10,17,19-20H,5,7H2,1H3. The van der Waals surface area contributed by atoms with E-state index in [0.717, 1.165) is 22.9 Å². The molecule has 21 heavy (non-hydrogen) atoms. The van der Waals surface area contributed by atoms with Gasteiger partial charge >= 0.3 is 0 Å². The molecule has 2 heterocycles. The number of nitrogens with one attached hydrogen (secondary N) is 1. The molecule has 1 unspecified atom stereocenters. The Bertz CT molecular complexity index is 728. The molecule has 0 saturated carbocycles. The number of hydrogen-bond acceptors (Lipinski definition) is 6. The third-order valence-corrected chi connectivity index (χ3v) is 5.30. The number of nitriles is 1. The molecule has 1 atom stereocenters. The summed E-state index contributed by atoms with van der Waals surface area (Å²) < 4.78 is 24.9. The van der Waals surface area contributed by atoms with Crippen LogP contribution in [0.2, 0.25) is 0 Å². The second kappa shape index (κ2) is 5.16. The number of hydrogen-bond donors (Lipinski definition) is 3. The van der Waals surface area contributed by atoms with E-state index in [0.29, 0.717) is 12.2 Å². The SMILES string of the molecule is CC1CCN(c2ccc3c(C#N)nccc3c2)S(O)(O)N1. The van der Waals surface area contributed by atoms with E-state index < -0.39 is 11.0 Å². The van der Waals surface area contributed by atoms with Crippen LogP contribution in [0.25, 0.3) is 10.8 Å². The van der Waals surface area contributed by atoms with Crippen molar-refractivity contribution in [1.82, 2.24) is 9.71 Å².